The maximum absolute atomic E-state index is 8.49. The number of thioether (sulfide) groups is 1. The van der Waals surface area contributed by atoms with Crippen LogP contribution in [-0.2, 0) is 7.05 Å². The minimum absolute atomic E-state index is 0.893. The van der Waals surface area contributed by atoms with Crippen molar-refractivity contribution >= 4 is 45.1 Å². The largest absolute Gasteiger partial charge is 0.497 e. The van der Waals surface area contributed by atoms with Crippen molar-refractivity contribution in [3.8, 4) is 11.5 Å². The van der Waals surface area contributed by atoms with Crippen LogP contribution in [0.2, 0.25) is 0 Å². The molecule has 0 N–H and O–H groups in total. The van der Waals surface area contributed by atoms with E-state index in [1.54, 1.807) is 37.3 Å². The van der Waals surface area contributed by atoms with Crippen LogP contribution in [0, 0.1) is 10.2 Å². The Morgan fingerprint density at radius 1 is 1.06 bits per heavy atom. The monoisotopic (exact) mass is 524 g/mol. The molecule has 0 bridgehead atoms. The Labute approximate surface area is 208 Å². The van der Waals surface area contributed by atoms with Crippen LogP contribution in [-0.4, -0.2) is 21.3 Å². The van der Waals surface area contributed by atoms with E-state index in [4.69, 9.17) is 28.1 Å². The standard InChI is InChI=1S/C23H25N2O2S2.ClHO4/c1-6-15(11-22-24(2)18-9-7-16(26-4)13-20(18)28-22)12-23-25(3)19-10-8-17(27-5)14-21(19)29-23;2-1(3,4)5/h7-14H,6H2,1-5H3;(H,2,3,4,5)/q+1;/p-1. The van der Waals surface area contributed by atoms with Crippen LogP contribution in [0.25, 0.3) is 16.3 Å². The second-order valence-corrected chi connectivity index (χ2v) is 10.1. The Balaban J connectivity index is 0.000000588. The van der Waals surface area contributed by atoms with Crippen molar-refractivity contribution < 1.29 is 42.9 Å². The van der Waals surface area contributed by atoms with Gasteiger partial charge in [0, 0.05) is 30.2 Å². The van der Waals surface area contributed by atoms with Crippen molar-refractivity contribution in [2.45, 2.75) is 18.2 Å². The molecular formula is C23H25ClN2O6S2. The molecule has 1 aliphatic heterocycles. The minimum Gasteiger partial charge on any atom is -0.497 e. The van der Waals surface area contributed by atoms with E-state index in [0.717, 1.165) is 17.9 Å². The van der Waals surface area contributed by atoms with Gasteiger partial charge in [-0.15, -0.1) is 10.2 Å². The fourth-order valence-corrected chi connectivity index (χ4v) is 5.69. The number of nitrogens with zero attached hydrogens (tertiary/aromatic N) is 2. The number of anilines is 1. The zero-order chi connectivity index (χ0) is 25.0. The molecular weight excluding hydrogens is 500 g/mol. The van der Waals surface area contributed by atoms with Crippen LogP contribution in [0.15, 0.2) is 58.0 Å². The zero-order valence-corrected chi connectivity index (χ0v) is 21.8. The van der Waals surface area contributed by atoms with Crippen molar-refractivity contribution in [1.82, 2.24) is 0 Å². The third-order valence-electron chi connectivity index (χ3n) is 5.17. The Bertz CT molecular complexity index is 1230. The first-order valence-electron chi connectivity index (χ1n) is 10.1. The molecule has 0 saturated carbocycles. The molecule has 8 nitrogen and oxygen atoms in total. The van der Waals surface area contributed by atoms with Gasteiger partial charge in [0.2, 0.25) is 5.52 Å². The van der Waals surface area contributed by atoms with Crippen molar-refractivity contribution in [3.05, 3.63) is 58.1 Å². The molecule has 11 heteroatoms. The second kappa shape index (κ2) is 11.0. The fraction of sp³-hybridized carbons (Fsp3) is 0.261. The van der Waals surface area contributed by atoms with E-state index in [-0.39, 0.29) is 0 Å². The molecule has 0 spiro atoms. The first-order valence-corrected chi connectivity index (χ1v) is 13.0. The molecule has 0 amide bonds. The highest BCUT2D eigenvalue weighted by atomic mass is 35.7. The molecule has 4 rings (SSSR count). The predicted molar refractivity (Wildman–Crippen MR) is 123 cm³/mol. The quantitative estimate of drug-likeness (QED) is 0.451. The Morgan fingerprint density at radius 3 is 2.29 bits per heavy atom. The molecule has 0 unspecified atom stereocenters. The number of aryl methyl sites for hydroxylation is 1. The molecule has 0 saturated heterocycles. The molecule has 0 atom stereocenters. The lowest BCUT2D eigenvalue weighted by Gasteiger charge is -2.17. The molecule has 0 fully saturated rings. The van der Waals surface area contributed by atoms with Gasteiger partial charge in [0.05, 0.1) is 24.9 Å². The summed E-state index contributed by atoms with van der Waals surface area (Å²) < 4.78 is 48.2. The Kier molecular flexibility index (Phi) is 8.47. The summed E-state index contributed by atoms with van der Waals surface area (Å²) in [6.45, 7) is 2.20. The number of aromatic nitrogens is 1. The molecule has 182 valence electrons. The van der Waals surface area contributed by atoms with E-state index in [2.05, 4.69) is 66.9 Å². The van der Waals surface area contributed by atoms with Crippen LogP contribution < -0.4 is 37.6 Å². The summed E-state index contributed by atoms with van der Waals surface area (Å²) >= 11 is 3.58. The highest BCUT2D eigenvalue weighted by Crippen LogP contribution is 2.47. The van der Waals surface area contributed by atoms with Crippen LogP contribution in [0.4, 0.5) is 5.69 Å². The van der Waals surface area contributed by atoms with E-state index in [0.29, 0.717) is 0 Å². The maximum atomic E-state index is 8.49. The average Bonchev–Trinajstić information content (AvgIpc) is 3.27. The van der Waals surface area contributed by atoms with Gasteiger partial charge in [-0.2, -0.15) is 4.57 Å². The normalized spacial score (nSPS) is 14.8. The average molecular weight is 525 g/mol. The molecule has 0 aliphatic carbocycles. The van der Waals surface area contributed by atoms with Crippen LogP contribution in [0.3, 0.4) is 0 Å². The van der Waals surface area contributed by atoms with Gasteiger partial charge in [-0.3, -0.25) is 0 Å². The van der Waals surface area contributed by atoms with Crippen LogP contribution >= 0.6 is 23.1 Å². The number of fused-ring (bicyclic) bond motifs is 2. The smallest absolute Gasteiger partial charge is 0.262 e. The number of methoxy groups -OCH3 is 2. The lowest BCUT2D eigenvalue weighted by Crippen LogP contribution is -2.68. The molecule has 2 heterocycles. The van der Waals surface area contributed by atoms with Crippen LogP contribution in [0.1, 0.15) is 18.4 Å². The first-order chi connectivity index (χ1) is 16.0. The minimum atomic E-state index is -4.94. The summed E-state index contributed by atoms with van der Waals surface area (Å²) in [5, 5.41) is 2.46. The maximum Gasteiger partial charge on any atom is 0.262 e. The second-order valence-electron chi connectivity index (χ2n) is 7.26. The van der Waals surface area contributed by atoms with Gasteiger partial charge in [0.1, 0.15) is 23.2 Å². The predicted octanol–water partition coefficient (Wildman–Crippen LogP) is 0.864. The zero-order valence-electron chi connectivity index (χ0n) is 19.4. The van der Waals surface area contributed by atoms with Gasteiger partial charge in [-0.05, 0) is 42.3 Å². The number of halogens is 1. The van der Waals surface area contributed by atoms with Crippen molar-refractivity contribution in [3.63, 3.8) is 0 Å². The van der Waals surface area contributed by atoms with Gasteiger partial charge in [-0.25, -0.2) is 18.6 Å². The highest BCUT2D eigenvalue weighted by molar-refractivity contribution is 8.03. The number of rotatable bonds is 5. The third kappa shape index (κ3) is 6.42. The summed E-state index contributed by atoms with van der Waals surface area (Å²) in [6, 6.07) is 12.5. The van der Waals surface area contributed by atoms with Gasteiger partial charge >= 0.3 is 0 Å². The topological polar surface area (TPSA) is 118 Å². The molecule has 0 radical (unpaired) electrons. The summed E-state index contributed by atoms with van der Waals surface area (Å²) in [5.74, 6) is 1.79. The van der Waals surface area contributed by atoms with E-state index >= 15 is 0 Å². The van der Waals surface area contributed by atoms with Crippen molar-refractivity contribution in [2.24, 2.45) is 7.05 Å². The Hall–Kier alpha value is -2.31. The highest BCUT2D eigenvalue weighted by Gasteiger charge is 2.23. The lowest BCUT2D eigenvalue weighted by atomic mass is 10.2. The molecule has 2 aromatic carbocycles. The summed E-state index contributed by atoms with van der Waals surface area (Å²) in [5.41, 5.74) is 3.74. The van der Waals surface area contributed by atoms with E-state index in [1.165, 1.54) is 36.4 Å². The van der Waals surface area contributed by atoms with E-state index in [9.17, 15) is 0 Å². The van der Waals surface area contributed by atoms with Gasteiger partial charge < -0.3 is 14.4 Å². The number of benzene rings is 2. The number of hydrogen-bond acceptors (Lipinski definition) is 9. The van der Waals surface area contributed by atoms with E-state index in [1.807, 2.05) is 12.1 Å². The molecule has 34 heavy (non-hydrogen) atoms. The summed E-state index contributed by atoms with van der Waals surface area (Å²) in [4.78, 5) is 3.48. The van der Waals surface area contributed by atoms with Gasteiger partial charge in [0.25, 0.3) is 5.01 Å². The van der Waals surface area contributed by atoms with Crippen LogP contribution in [0.5, 0.6) is 11.5 Å². The number of ether oxygens (including phenoxy) is 2. The number of hydrogen-bond donors (Lipinski definition) is 0. The third-order valence-corrected chi connectivity index (χ3v) is 7.47. The summed E-state index contributed by atoms with van der Waals surface area (Å²) in [6.07, 6.45) is 5.55. The fourth-order valence-electron chi connectivity index (χ4n) is 3.38. The molecule has 3 aromatic rings. The Morgan fingerprint density at radius 2 is 1.68 bits per heavy atom. The molecule has 1 aliphatic rings. The van der Waals surface area contributed by atoms with E-state index < -0.39 is 10.2 Å². The van der Waals surface area contributed by atoms with Gasteiger partial charge in [-0.1, -0.05) is 30.0 Å². The SMILES string of the molecule is CCC(=C\c1sc2cc(OC)ccc2[n+]1C)/C=C1/Sc2cc(OC)ccc2N1C.[O-][Cl+3]([O-])([O-])[O-]. The lowest BCUT2D eigenvalue weighted by molar-refractivity contribution is -2.00. The van der Waals surface area contributed by atoms with Gasteiger partial charge in [0.15, 0.2) is 0 Å². The molecule has 1 aromatic heterocycles. The first kappa shape index (κ1) is 26.3. The van der Waals surface area contributed by atoms with Crippen molar-refractivity contribution in [2.75, 3.05) is 26.2 Å². The number of allylic oxidation sites excluding steroid dienone is 2. The summed E-state index contributed by atoms with van der Waals surface area (Å²) in [7, 11) is 2.72. The number of thiazole rings is 1. The van der Waals surface area contributed by atoms with Crippen molar-refractivity contribution in [1.29, 1.82) is 0 Å².